The van der Waals surface area contributed by atoms with Gasteiger partial charge in [-0.25, -0.2) is 8.78 Å². The van der Waals surface area contributed by atoms with Crippen LogP contribution in [0.1, 0.15) is 43.2 Å². The van der Waals surface area contributed by atoms with Crippen LogP contribution in [0.4, 0.5) is 14.5 Å². The average Bonchev–Trinajstić information content (AvgIpc) is 3.33. The fraction of sp³-hybridized carbons (Fsp3) is 0.318. The minimum atomic E-state index is -0.689. The molecule has 2 aromatic carbocycles. The summed E-state index contributed by atoms with van der Waals surface area (Å²) < 4.78 is 32.7. The number of hydrogen-bond donors (Lipinski definition) is 0. The zero-order chi connectivity index (χ0) is 20.5. The predicted molar refractivity (Wildman–Crippen MR) is 105 cm³/mol. The summed E-state index contributed by atoms with van der Waals surface area (Å²) in [5, 5.41) is 3.99. The molecule has 1 aromatic heterocycles. The highest BCUT2D eigenvalue weighted by Gasteiger charge is 2.28. The van der Waals surface area contributed by atoms with Crippen molar-refractivity contribution in [2.45, 2.75) is 39.0 Å². The molecule has 0 saturated carbocycles. The topological polar surface area (TPSA) is 59.2 Å². The number of benzene rings is 2. The maximum atomic E-state index is 13.9. The molecule has 1 aliphatic heterocycles. The highest BCUT2D eigenvalue weighted by Crippen LogP contribution is 2.31. The summed E-state index contributed by atoms with van der Waals surface area (Å²) in [7, 11) is 0. The molecule has 2 heterocycles. The van der Waals surface area contributed by atoms with E-state index < -0.39 is 11.6 Å². The summed E-state index contributed by atoms with van der Waals surface area (Å²) in [5.74, 6) is -0.265. The number of aromatic nitrogens is 2. The van der Waals surface area contributed by atoms with Crippen LogP contribution in [0.5, 0.6) is 0 Å². The normalized spacial score (nSPS) is 13.2. The molecule has 0 radical (unpaired) electrons. The summed E-state index contributed by atoms with van der Waals surface area (Å²) in [6.45, 7) is 4.59. The number of rotatable bonds is 5. The minimum Gasteiger partial charge on any atom is -0.339 e. The predicted octanol–water partition coefficient (Wildman–Crippen LogP) is 4.66. The number of hydrogen-bond acceptors (Lipinski definition) is 4. The van der Waals surface area contributed by atoms with Gasteiger partial charge >= 0.3 is 0 Å². The zero-order valence-corrected chi connectivity index (χ0v) is 16.3. The number of aryl methyl sites for hydroxylation is 1. The van der Waals surface area contributed by atoms with Crippen LogP contribution in [0.15, 0.2) is 40.9 Å². The van der Waals surface area contributed by atoms with Crippen LogP contribution in [0, 0.1) is 11.6 Å². The molecule has 0 saturated heterocycles. The Kier molecular flexibility index (Phi) is 5.13. The van der Waals surface area contributed by atoms with Gasteiger partial charge in [0.2, 0.25) is 17.6 Å². The van der Waals surface area contributed by atoms with Crippen molar-refractivity contribution < 1.29 is 18.1 Å². The highest BCUT2D eigenvalue weighted by molar-refractivity contribution is 5.95. The van der Waals surface area contributed by atoms with E-state index in [0.717, 1.165) is 11.6 Å². The number of amides is 1. The lowest BCUT2D eigenvalue weighted by atomic mass is 10.0. The molecule has 0 unspecified atom stereocenters. The van der Waals surface area contributed by atoms with Crippen molar-refractivity contribution in [2.24, 2.45) is 0 Å². The first-order valence-electron chi connectivity index (χ1n) is 9.63. The fourth-order valence-corrected chi connectivity index (χ4v) is 3.52. The van der Waals surface area contributed by atoms with Gasteiger partial charge in [-0.2, -0.15) is 4.98 Å². The molecule has 0 N–H and O–H groups in total. The lowest BCUT2D eigenvalue weighted by Gasteiger charge is -2.17. The molecule has 3 aromatic rings. The van der Waals surface area contributed by atoms with Crippen LogP contribution in [-0.2, 0) is 17.6 Å². The summed E-state index contributed by atoms with van der Waals surface area (Å²) in [6, 6.07) is 10.00. The number of fused-ring (bicyclic) bond motifs is 1. The van der Waals surface area contributed by atoms with E-state index in [1.165, 1.54) is 16.5 Å². The van der Waals surface area contributed by atoms with Gasteiger partial charge in [-0.05, 0) is 24.0 Å². The third-order valence-electron chi connectivity index (χ3n) is 5.17. The van der Waals surface area contributed by atoms with Crippen LogP contribution < -0.4 is 4.90 Å². The molecule has 0 fully saturated rings. The summed E-state index contributed by atoms with van der Waals surface area (Å²) in [6.07, 6.45) is 0.759. The quantitative estimate of drug-likeness (QED) is 0.628. The van der Waals surface area contributed by atoms with Crippen molar-refractivity contribution in [2.75, 3.05) is 11.4 Å². The molecule has 0 aliphatic carbocycles. The summed E-state index contributed by atoms with van der Waals surface area (Å²) in [4.78, 5) is 18.4. The van der Waals surface area contributed by atoms with E-state index >= 15 is 0 Å². The maximum absolute atomic E-state index is 13.9. The lowest BCUT2D eigenvalue weighted by molar-refractivity contribution is -0.118. The van der Waals surface area contributed by atoms with Gasteiger partial charge in [0.05, 0.1) is 5.69 Å². The second-order valence-corrected chi connectivity index (χ2v) is 7.47. The van der Waals surface area contributed by atoms with Crippen LogP contribution in [0.3, 0.4) is 0 Å². The van der Waals surface area contributed by atoms with Gasteiger partial charge in [0.15, 0.2) is 0 Å². The molecule has 5 nitrogen and oxygen atoms in total. The molecule has 1 amide bonds. The first-order chi connectivity index (χ1) is 13.9. The monoisotopic (exact) mass is 397 g/mol. The zero-order valence-electron chi connectivity index (χ0n) is 16.3. The smallest absolute Gasteiger partial charge is 0.227 e. The Labute approximate surface area is 167 Å². The van der Waals surface area contributed by atoms with Gasteiger partial charge in [0, 0.05) is 36.6 Å². The van der Waals surface area contributed by atoms with Gasteiger partial charge in [-0.1, -0.05) is 43.3 Å². The number of anilines is 1. The van der Waals surface area contributed by atoms with Gasteiger partial charge in [0.1, 0.15) is 11.6 Å². The Morgan fingerprint density at radius 1 is 1.21 bits per heavy atom. The van der Waals surface area contributed by atoms with Gasteiger partial charge in [0.25, 0.3) is 0 Å². The molecular weight excluding hydrogens is 376 g/mol. The Hall–Kier alpha value is -3.09. The van der Waals surface area contributed by atoms with E-state index in [2.05, 4.69) is 24.0 Å². The maximum Gasteiger partial charge on any atom is 0.227 e. The first-order valence-corrected chi connectivity index (χ1v) is 9.63. The van der Waals surface area contributed by atoms with Crippen molar-refractivity contribution in [3.05, 3.63) is 65.1 Å². The Morgan fingerprint density at radius 2 is 1.97 bits per heavy atom. The van der Waals surface area contributed by atoms with Gasteiger partial charge in [-0.15, -0.1) is 0 Å². The fourth-order valence-electron chi connectivity index (χ4n) is 3.52. The second-order valence-electron chi connectivity index (χ2n) is 7.47. The van der Waals surface area contributed by atoms with E-state index in [1.54, 1.807) is 0 Å². The molecule has 1 aliphatic rings. The molecule has 0 spiro atoms. The third kappa shape index (κ3) is 3.90. The molecule has 7 heteroatoms. The van der Waals surface area contributed by atoms with E-state index in [1.807, 2.05) is 24.3 Å². The second kappa shape index (κ2) is 7.73. The Morgan fingerprint density at radius 3 is 2.69 bits per heavy atom. The Bertz CT molecular complexity index is 1040. The number of carbonyl (C=O) groups is 1. The van der Waals surface area contributed by atoms with Crippen molar-refractivity contribution in [1.29, 1.82) is 0 Å². The van der Waals surface area contributed by atoms with Crippen LogP contribution in [0.2, 0.25) is 0 Å². The number of nitrogens with zero attached hydrogens (tertiary/aromatic N) is 3. The van der Waals surface area contributed by atoms with Gasteiger partial charge in [-0.3, -0.25) is 4.79 Å². The SMILES string of the molecule is CC(C)c1ccc(-c2noc(CCC(=O)N3CCc4c(F)cc(F)cc43)n2)cc1. The van der Waals surface area contributed by atoms with E-state index in [-0.39, 0.29) is 18.7 Å². The largest absolute Gasteiger partial charge is 0.339 e. The average molecular weight is 397 g/mol. The molecular formula is C22H21F2N3O2. The van der Waals surface area contributed by atoms with Crippen molar-refractivity contribution in [1.82, 2.24) is 10.1 Å². The third-order valence-corrected chi connectivity index (χ3v) is 5.17. The number of halogens is 2. The van der Waals surface area contributed by atoms with E-state index in [0.29, 0.717) is 41.8 Å². The van der Waals surface area contributed by atoms with Crippen molar-refractivity contribution >= 4 is 11.6 Å². The van der Waals surface area contributed by atoms with E-state index in [4.69, 9.17) is 4.52 Å². The van der Waals surface area contributed by atoms with Crippen LogP contribution >= 0.6 is 0 Å². The molecule has 0 bridgehead atoms. The Balaban J connectivity index is 1.41. The summed E-state index contributed by atoms with van der Waals surface area (Å²) in [5.41, 5.74) is 2.76. The molecule has 0 atom stereocenters. The lowest BCUT2D eigenvalue weighted by Crippen LogP contribution is -2.29. The standard InChI is InChI=1S/C22H21F2N3O2/c1-13(2)14-3-5-15(6-4-14)22-25-20(29-26-22)7-8-21(28)27-10-9-17-18(24)11-16(23)12-19(17)27/h3-6,11-13H,7-10H2,1-2H3. The van der Waals surface area contributed by atoms with Crippen LogP contribution in [0.25, 0.3) is 11.4 Å². The van der Waals surface area contributed by atoms with Crippen LogP contribution in [-0.4, -0.2) is 22.6 Å². The first kappa shape index (κ1) is 19.2. The molecule has 150 valence electrons. The van der Waals surface area contributed by atoms with Gasteiger partial charge < -0.3 is 9.42 Å². The molecule has 29 heavy (non-hydrogen) atoms. The molecule has 4 rings (SSSR count). The minimum absolute atomic E-state index is 0.117. The summed E-state index contributed by atoms with van der Waals surface area (Å²) >= 11 is 0. The highest BCUT2D eigenvalue weighted by atomic mass is 19.1. The van der Waals surface area contributed by atoms with Crippen molar-refractivity contribution in [3.8, 4) is 11.4 Å². The number of carbonyl (C=O) groups excluding carboxylic acids is 1. The van der Waals surface area contributed by atoms with Crippen molar-refractivity contribution in [3.63, 3.8) is 0 Å². The van der Waals surface area contributed by atoms with E-state index in [9.17, 15) is 13.6 Å².